The molecule has 2 aromatic heterocycles. The van der Waals surface area contributed by atoms with Crippen molar-refractivity contribution >= 4 is 34.7 Å². The van der Waals surface area contributed by atoms with E-state index in [9.17, 15) is 4.79 Å². The molecule has 3 aromatic rings. The van der Waals surface area contributed by atoms with Gasteiger partial charge < -0.3 is 14.6 Å². The second kappa shape index (κ2) is 8.37. The van der Waals surface area contributed by atoms with Crippen LogP contribution in [0.25, 0.3) is 0 Å². The van der Waals surface area contributed by atoms with Gasteiger partial charge in [-0.1, -0.05) is 30.0 Å². The van der Waals surface area contributed by atoms with E-state index in [4.69, 9.17) is 4.74 Å². The van der Waals surface area contributed by atoms with Gasteiger partial charge >= 0.3 is 0 Å². The summed E-state index contributed by atoms with van der Waals surface area (Å²) in [6.07, 6.45) is 0.740. The van der Waals surface area contributed by atoms with Gasteiger partial charge in [0.1, 0.15) is 11.6 Å². The lowest BCUT2D eigenvalue weighted by atomic mass is 10.3. The summed E-state index contributed by atoms with van der Waals surface area (Å²) in [4.78, 5) is 13.8. The maximum atomic E-state index is 12.5. The topological polar surface area (TPSA) is 69.0 Å². The van der Waals surface area contributed by atoms with Gasteiger partial charge in [0.15, 0.2) is 5.16 Å². The molecule has 6 nitrogen and oxygen atoms in total. The minimum atomic E-state index is -0.322. The Kier molecular flexibility index (Phi) is 5.95. The van der Waals surface area contributed by atoms with Crippen LogP contribution in [0.1, 0.15) is 17.6 Å². The summed E-state index contributed by atoms with van der Waals surface area (Å²) in [5.74, 6) is 1.41. The molecule has 0 bridgehead atoms. The van der Waals surface area contributed by atoms with Gasteiger partial charge in [-0.3, -0.25) is 4.79 Å². The number of carbonyl (C=O) groups excluding carboxylic acids is 1. The smallest absolute Gasteiger partial charge is 0.237 e. The number of benzene rings is 1. The zero-order valence-corrected chi connectivity index (χ0v) is 16.4. The number of ether oxygens (including phenoxy) is 1. The summed E-state index contributed by atoms with van der Waals surface area (Å²) < 4.78 is 7.21. The van der Waals surface area contributed by atoms with Crippen molar-refractivity contribution in [1.82, 2.24) is 14.8 Å². The third-order valence-corrected chi connectivity index (χ3v) is 5.86. The normalized spacial score (nSPS) is 12.0. The molecule has 0 aliphatic rings. The fourth-order valence-electron chi connectivity index (χ4n) is 2.36. The Morgan fingerprint density at radius 2 is 2.12 bits per heavy atom. The molecule has 1 N–H and O–H groups in total. The van der Waals surface area contributed by atoms with Crippen LogP contribution in [-0.2, 0) is 18.3 Å². The number of thioether (sulfide) groups is 1. The van der Waals surface area contributed by atoms with Crippen LogP contribution >= 0.6 is 23.1 Å². The molecule has 3 rings (SSSR count). The predicted octanol–water partition coefficient (Wildman–Crippen LogP) is 3.60. The number of nitrogens with zero attached hydrogens (tertiary/aromatic N) is 3. The number of methoxy groups -OCH3 is 1. The number of hydrogen-bond acceptors (Lipinski definition) is 6. The third-order valence-electron chi connectivity index (χ3n) is 3.85. The van der Waals surface area contributed by atoms with E-state index < -0.39 is 0 Å². The summed E-state index contributed by atoms with van der Waals surface area (Å²) in [6.45, 7) is 1.85. The zero-order chi connectivity index (χ0) is 18.5. The molecule has 2 heterocycles. The van der Waals surface area contributed by atoms with Crippen molar-refractivity contribution in [3.8, 4) is 5.75 Å². The summed E-state index contributed by atoms with van der Waals surface area (Å²) in [5, 5.41) is 13.8. The molecule has 0 aliphatic carbocycles. The van der Waals surface area contributed by atoms with E-state index in [1.54, 1.807) is 18.4 Å². The molecule has 26 heavy (non-hydrogen) atoms. The summed E-state index contributed by atoms with van der Waals surface area (Å²) in [6, 6.07) is 11.4. The summed E-state index contributed by atoms with van der Waals surface area (Å²) >= 11 is 3.08. The van der Waals surface area contributed by atoms with E-state index in [0.717, 1.165) is 17.4 Å². The lowest BCUT2D eigenvalue weighted by Gasteiger charge is -2.13. The molecular weight excluding hydrogens is 368 g/mol. The van der Waals surface area contributed by atoms with E-state index in [2.05, 4.69) is 21.6 Å². The van der Waals surface area contributed by atoms with Crippen LogP contribution in [0.15, 0.2) is 46.9 Å². The van der Waals surface area contributed by atoms with Gasteiger partial charge in [-0.25, -0.2) is 0 Å². The highest BCUT2D eigenvalue weighted by Gasteiger charge is 2.20. The molecular formula is C18H20N4O2S2. The fraction of sp³-hybridized carbons (Fsp3) is 0.278. The SMILES string of the molecule is COc1ccccc1NC(=O)[C@@H](C)Sc1nnc(Cc2cccs2)n1C. The predicted molar refractivity (Wildman–Crippen MR) is 105 cm³/mol. The van der Waals surface area contributed by atoms with Crippen LogP contribution in [-0.4, -0.2) is 33.0 Å². The molecule has 0 saturated heterocycles. The highest BCUT2D eigenvalue weighted by Crippen LogP contribution is 2.27. The fourth-order valence-corrected chi connectivity index (χ4v) is 3.90. The Balaban J connectivity index is 1.65. The second-order valence-corrected chi connectivity index (χ2v) is 8.00. The van der Waals surface area contributed by atoms with Gasteiger partial charge in [-0.15, -0.1) is 21.5 Å². The van der Waals surface area contributed by atoms with Crippen molar-refractivity contribution < 1.29 is 9.53 Å². The van der Waals surface area contributed by atoms with Crippen LogP contribution in [0.2, 0.25) is 0 Å². The van der Waals surface area contributed by atoms with Crippen molar-refractivity contribution in [3.63, 3.8) is 0 Å². The largest absolute Gasteiger partial charge is 0.495 e. The van der Waals surface area contributed by atoms with Gasteiger partial charge in [0.2, 0.25) is 5.91 Å². The minimum absolute atomic E-state index is 0.109. The molecule has 0 saturated carbocycles. The first-order valence-corrected chi connectivity index (χ1v) is 9.85. The van der Waals surface area contributed by atoms with Crippen LogP contribution in [0, 0.1) is 0 Å². The molecule has 1 atom stereocenters. The standard InChI is InChI=1S/C18H20N4O2S2/c1-12(17(23)19-14-8-4-5-9-15(14)24-3)26-18-21-20-16(22(18)2)11-13-7-6-10-25-13/h4-10,12H,11H2,1-3H3,(H,19,23)/t12-/m1/s1. The summed E-state index contributed by atoms with van der Waals surface area (Å²) in [7, 11) is 3.51. The number of anilines is 1. The number of thiophene rings is 1. The first kappa shape index (κ1) is 18.5. The lowest BCUT2D eigenvalue weighted by molar-refractivity contribution is -0.115. The molecule has 0 fully saturated rings. The average molecular weight is 389 g/mol. The van der Waals surface area contributed by atoms with Crippen LogP contribution in [0.4, 0.5) is 5.69 Å². The maximum Gasteiger partial charge on any atom is 0.237 e. The average Bonchev–Trinajstić information content (AvgIpc) is 3.27. The maximum absolute atomic E-state index is 12.5. The summed E-state index contributed by atoms with van der Waals surface area (Å²) in [5.41, 5.74) is 0.656. The number of nitrogens with one attached hydrogen (secondary N) is 1. The number of para-hydroxylation sites is 2. The van der Waals surface area contributed by atoms with E-state index in [-0.39, 0.29) is 11.2 Å². The number of carbonyl (C=O) groups is 1. The second-order valence-electron chi connectivity index (χ2n) is 5.66. The molecule has 1 amide bonds. The Hall–Kier alpha value is -2.32. The number of aromatic nitrogens is 3. The van der Waals surface area contributed by atoms with E-state index in [1.807, 2.05) is 54.3 Å². The molecule has 0 aliphatic heterocycles. The Morgan fingerprint density at radius 1 is 1.31 bits per heavy atom. The Bertz CT molecular complexity index is 877. The van der Waals surface area contributed by atoms with E-state index in [0.29, 0.717) is 11.4 Å². The number of amides is 1. The van der Waals surface area contributed by atoms with Gasteiger partial charge in [-0.2, -0.15) is 0 Å². The minimum Gasteiger partial charge on any atom is -0.495 e. The molecule has 1 aromatic carbocycles. The number of hydrogen-bond donors (Lipinski definition) is 1. The number of rotatable bonds is 7. The van der Waals surface area contributed by atoms with Crippen molar-refractivity contribution in [1.29, 1.82) is 0 Å². The highest BCUT2D eigenvalue weighted by molar-refractivity contribution is 8.00. The van der Waals surface area contributed by atoms with Crippen molar-refractivity contribution in [3.05, 3.63) is 52.5 Å². The van der Waals surface area contributed by atoms with Crippen LogP contribution in [0.5, 0.6) is 5.75 Å². The van der Waals surface area contributed by atoms with E-state index in [1.165, 1.54) is 16.6 Å². The van der Waals surface area contributed by atoms with Crippen molar-refractivity contribution in [2.75, 3.05) is 12.4 Å². The quantitative estimate of drug-likeness (QED) is 0.627. The van der Waals surface area contributed by atoms with Gasteiger partial charge in [-0.05, 0) is 30.5 Å². The molecule has 0 spiro atoms. The first-order valence-electron chi connectivity index (χ1n) is 8.09. The molecule has 8 heteroatoms. The van der Waals surface area contributed by atoms with E-state index >= 15 is 0 Å². The zero-order valence-electron chi connectivity index (χ0n) is 14.8. The monoisotopic (exact) mass is 388 g/mol. The molecule has 0 unspecified atom stereocenters. The lowest BCUT2D eigenvalue weighted by Crippen LogP contribution is -2.23. The van der Waals surface area contributed by atoms with Crippen molar-refractivity contribution in [2.45, 2.75) is 23.8 Å². The van der Waals surface area contributed by atoms with Gasteiger partial charge in [0, 0.05) is 18.3 Å². The van der Waals surface area contributed by atoms with Crippen LogP contribution in [0.3, 0.4) is 0 Å². The van der Waals surface area contributed by atoms with Gasteiger partial charge in [0.05, 0.1) is 18.0 Å². The van der Waals surface area contributed by atoms with Crippen molar-refractivity contribution in [2.24, 2.45) is 7.05 Å². The highest BCUT2D eigenvalue weighted by atomic mass is 32.2. The molecule has 0 radical (unpaired) electrons. The van der Waals surface area contributed by atoms with Gasteiger partial charge in [0.25, 0.3) is 0 Å². The molecule has 136 valence electrons. The van der Waals surface area contributed by atoms with Crippen LogP contribution < -0.4 is 10.1 Å². The third kappa shape index (κ3) is 4.25. The Morgan fingerprint density at radius 3 is 2.85 bits per heavy atom. The Labute approximate surface area is 160 Å². The first-order chi connectivity index (χ1) is 12.6.